The highest BCUT2D eigenvalue weighted by Crippen LogP contribution is 2.53. The van der Waals surface area contributed by atoms with Gasteiger partial charge in [0.2, 0.25) is 5.88 Å². The molecule has 14 nitrogen and oxygen atoms in total. The van der Waals surface area contributed by atoms with Crippen LogP contribution in [0.15, 0.2) is 73.1 Å². The van der Waals surface area contributed by atoms with Crippen LogP contribution >= 0.6 is 11.6 Å². The third-order valence-electron chi connectivity index (χ3n) is 15.8. The van der Waals surface area contributed by atoms with Crippen molar-refractivity contribution in [1.29, 1.82) is 0 Å². The zero-order valence-electron chi connectivity index (χ0n) is 42.0. The van der Waals surface area contributed by atoms with Crippen LogP contribution in [0, 0.1) is 11.6 Å². The van der Waals surface area contributed by atoms with E-state index < -0.39 is 35.4 Å². The Balaban J connectivity index is 1.02. The van der Waals surface area contributed by atoms with Gasteiger partial charge in [-0.05, 0) is 124 Å². The molecule has 3 saturated heterocycles. The third-order valence-corrected chi connectivity index (χ3v) is 16.1. The maximum absolute atomic E-state index is 18.4. The summed E-state index contributed by atoms with van der Waals surface area (Å²) in [5, 5.41) is 6.25. The van der Waals surface area contributed by atoms with E-state index in [-0.39, 0.29) is 53.8 Å². The molecule has 5 atom stereocenters. The Morgan fingerprint density at radius 1 is 0.919 bits per heavy atom. The highest BCUT2D eigenvalue weighted by molar-refractivity contribution is 6.33. The van der Waals surface area contributed by atoms with E-state index in [9.17, 15) is 0 Å². The van der Waals surface area contributed by atoms with Crippen LogP contribution in [0.25, 0.3) is 33.1 Å². The van der Waals surface area contributed by atoms with Crippen LogP contribution in [0.4, 0.5) is 24.8 Å². The first kappa shape index (κ1) is 48.5. The number of benzene rings is 3. The van der Waals surface area contributed by atoms with Gasteiger partial charge in [0.1, 0.15) is 64.9 Å². The first-order valence-corrected chi connectivity index (χ1v) is 26.2. The second kappa shape index (κ2) is 19.7. The van der Waals surface area contributed by atoms with Crippen LogP contribution < -0.4 is 28.7 Å². The molecule has 4 aromatic heterocycles. The second-order valence-electron chi connectivity index (χ2n) is 20.6. The van der Waals surface area contributed by atoms with Crippen molar-refractivity contribution in [2.24, 2.45) is 0 Å². The Morgan fingerprint density at radius 2 is 1.66 bits per heavy atom. The number of aromatic nitrogens is 6. The standard InChI is InChI=1S/C56H59ClF3N9O5/c1-32-30-73-54-48-51(49(60)50(63-54)47-42-26-62-69(45-8-5-6-21-72-45)44(42)23-43(57)46(47)36-13-14-36)64-55(74-31-56-19-7-20-67(56)29-38(59)24-56)65-53(48)68(32)33(2)41-22-37(58)25-61-52(41)66(27-34-9-15-39(70-3)16-10-34)28-35-11-17-40(71-4)18-12-35/h9-12,15-18,22-23,25-26,32-33,36,38,45H,5-8,13-14,19-21,24,27-31H2,1-4H3/t32-,33+,38+,45?,56-/m0/s1. The monoisotopic (exact) mass is 1030 g/mol. The van der Waals surface area contributed by atoms with Gasteiger partial charge in [-0.2, -0.15) is 15.1 Å². The normalized spacial score (nSPS) is 22.2. The first-order chi connectivity index (χ1) is 36.0. The number of hydrogen-bond donors (Lipinski definition) is 0. The molecule has 0 radical (unpaired) electrons. The molecule has 0 N–H and O–H groups in total. The van der Waals surface area contributed by atoms with Crippen molar-refractivity contribution in [2.75, 3.05) is 56.9 Å². The van der Waals surface area contributed by atoms with Crippen molar-refractivity contribution in [3.05, 3.63) is 112 Å². The Labute approximate surface area is 432 Å². The molecular weight excluding hydrogens is 971 g/mol. The molecule has 3 aromatic carbocycles. The van der Waals surface area contributed by atoms with E-state index >= 15 is 13.2 Å². The van der Waals surface area contributed by atoms with Crippen LogP contribution in [0.2, 0.25) is 5.02 Å². The summed E-state index contributed by atoms with van der Waals surface area (Å²) < 4.78 is 81.8. The molecule has 0 spiro atoms. The summed E-state index contributed by atoms with van der Waals surface area (Å²) in [5.74, 6) is 1.25. The lowest BCUT2D eigenvalue weighted by atomic mass is 9.95. The highest BCUT2D eigenvalue weighted by atomic mass is 35.5. The number of methoxy groups -OCH3 is 2. The minimum atomic E-state index is -0.989. The molecule has 5 aliphatic rings. The molecule has 74 heavy (non-hydrogen) atoms. The molecule has 386 valence electrons. The number of alkyl halides is 1. The molecule has 18 heteroatoms. The van der Waals surface area contributed by atoms with Crippen molar-refractivity contribution >= 4 is 45.0 Å². The zero-order chi connectivity index (χ0) is 50.8. The van der Waals surface area contributed by atoms with Crippen molar-refractivity contribution in [1.82, 2.24) is 34.6 Å². The molecule has 0 bridgehead atoms. The van der Waals surface area contributed by atoms with E-state index in [0.717, 1.165) is 79.7 Å². The largest absolute Gasteiger partial charge is 0.497 e. The summed E-state index contributed by atoms with van der Waals surface area (Å²) in [6.07, 6.45) is 8.20. The summed E-state index contributed by atoms with van der Waals surface area (Å²) >= 11 is 7.25. The van der Waals surface area contributed by atoms with Crippen LogP contribution in [-0.2, 0) is 17.8 Å². The van der Waals surface area contributed by atoms with Crippen LogP contribution in [0.5, 0.6) is 23.4 Å². The van der Waals surface area contributed by atoms with Crippen LogP contribution in [-0.4, -0.2) is 99.5 Å². The molecular formula is C56H59ClF3N9O5. The molecule has 8 heterocycles. The van der Waals surface area contributed by atoms with Crippen molar-refractivity contribution < 1.29 is 36.9 Å². The topological polar surface area (TPSA) is 125 Å². The number of anilines is 2. The molecule has 1 aliphatic carbocycles. The first-order valence-electron chi connectivity index (χ1n) is 25.8. The summed E-state index contributed by atoms with van der Waals surface area (Å²) in [6, 6.07) is 17.8. The Bertz CT molecular complexity index is 3180. The maximum atomic E-state index is 18.4. The van der Waals surface area contributed by atoms with E-state index in [4.69, 9.17) is 60.3 Å². The minimum Gasteiger partial charge on any atom is -0.497 e. The molecule has 1 unspecified atom stereocenters. The molecule has 1 saturated carbocycles. The third kappa shape index (κ3) is 8.87. The number of halogens is 4. The Hall–Kier alpha value is -6.43. The van der Waals surface area contributed by atoms with Gasteiger partial charge in [0, 0.05) is 54.2 Å². The number of pyridine rings is 2. The summed E-state index contributed by atoms with van der Waals surface area (Å²) in [5.41, 5.74) is 3.96. The second-order valence-corrected chi connectivity index (χ2v) is 21.0. The predicted octanol–water partition coefficient (Wildman–Crippen LogP) is 11.5. The number of hydrogen-bond acceptors (Lipinski definition) is 13. The van der Waals surface area contributed by atoms with Gasteiger partial charge in [0.25, 0.3) is 0 Å². The van der Waals surface area contributed by atoms with Gasteiger partial charge in [-0.1, -0.05) is 35.9 Å². The maximum Gasteiger partial charge on any atom is 0.319 e. The fourth-order valence-corrected chi connectivity index (χ4v) is 12.3. The SMILES string of the molecule is COc1ccc(CN(Cc2ccc(OC)cc2)c2ncc(F)cc2[C@@H](C)N2c3nc(OC[C@@]45CCCN4C[C@H](F)C5)nc4c(F)c(-c5c(C6CC6)c(Cl)cc6c5cnn6C5CCCCO5)nc(c34)OC[C@@H]2C)cc1. The van der Waals surface area contributed by atoms with Gasteiger partial charge in [0.15, 0.2) is 12.0 Å². The summed E-state index contributed by atoms with van der Waals surface area (Å²) in [4.78, 5) is 26.2. The smallest absolute Gasteiger partial charge is 0.319 e. The fourth-order valence-electron chi connectivity index (χ4n) is 11.9. The Kier molecular flexibility index (Phi) is 12.9. The Morgan fingerprint density at radius 3 is 2.35 bits per heavy atom. The predicted molar refractivity (Wildman–Crippen MR) is 276 cm³/mol. The molecule has 4 aliphatic heterocycles. The van der Waals surface area contributed by atoms with E-state index in [1.807, 2.05) is 78.0 Å². The van der Waals surface area contributed by atoms with Crippen LogP contribution in [0.1, 0.15) is 106 Å². The summed E-state index contributed by atoms with van der Waals surface area (Å²) in [7, 11) is 3.26. The average molecular weight is 1030 g/mol. The van der Waals surface area contributed by atoms with Crippen molar-refractivity contribution in [2.45, 2.75) is 114 Å². The number of nitrogens with zero attached hydrogens (tertiary/aromatic N) is 9. The molecule has 12 rings (SSSR count). The van der Waals surface area contributed by atoms with Gasteiger partial charge in [-0.15, -0.1) is 0 Å². The quantitative estimate of drug-likeness (QED) is 0.0968. The average Bonchev–Trinajstić information content (AvgIpc) is 3.97. The lowest BCUT2D eigenvalue weighted by Crippen LogP contribution is -2.43. The molecule has 0 amide bonds. The molecule has 7 aromatic rings. The highest BCUT2D eigenvalue weighted by Gasteiger charge is 2.50. The fraction of sp³-hybridized carbons (Fsp3) is 0.446. The number of ether oxygens (including phenoxy) is 5. The minimum absolute atomic E-state index is 0.0247. The van der Waals surface area contributed by atoms with Gasteiger partial charge in [-0.25, -0.2) is 27.8 Å². The van der Waals surface area contributed by atoms with Crippen molar-refractivity contribution in [3.63, 3.8) is 0 Å². The van der Waals surface area contributed by atoms with Gasteiger partial charge < -0.3 is 33.5 Å². The lowest BCUT2D eigenvalue weighted by molar-refractivity contribution is -0.0366. The number of fused-ring (bicyclic) bond motifs is 2. The lowest BCUT2D eigenvalue weighted by Gasteiger charge is -2.37. The summed E-state index contributed by atoms with van der Waals surface area (Å²) in [6.45, 7) is 6.68. The zero-order valence-corrected chi connectivity index (χ0v) is 42.8. The van der Waals surface area contributed by atoms with Gasteiger partial charge in [0.05, 0.1) is 49.8 Å². The van der Waals surface area contributed by atoms with E-state index in [1.165, 1.54) is 12.3 Å². The van der Waals surface area contributed by atoms with E-state index in [1.54, 1.807) is 20.4 Å². The van der Waals surface area contributed by atoms with E-state index in [2.05, 4.69) is 9.80 Å². The molecule has 4 fully saturated rings. The van der Waals surface area contributed by atoms with Gasteiger partial charge >= 0.3 is 6.01 Å². The van der Waals surface area contributed by atoms with E-state index in [0.29, 0.717) is 71.4 Å². The van der Waals surface area contributed by atoms with Crippen molar-refractivity contribution in [3.8, 4) is 34.6 Å². The van der Waals surface area contributed by atoms with Crippen LogP contribution in [0.3, 0.4) is 0 Å². The number of rotatable bonds is 15. The van der Waals surface area contributed by atoms with Gasteiger partial charge in [-0.3, -0.25) is 4.90 Å².